The number of hydrogen-bond donors (Lipinski definition) is 5. The molecule has 0 aromatic heterocycles. The Morgan fingerprint density at radius 1 is 0.923 bits per heavy atom. The lowest BCUT2D eigenvalue weighted by Crippen LogP contribution is -2.35. The molecule has 80 valence electrons. The smallest absolute Gasteiger partial charge is 0.0771 e. The zero-order chi connectivity index (χ0) is 10.3. The normalized spacial score (nSPS) is 14.5. The zero-order valence-electron chi connectivity index (χ0n) is 7.56. The van der Waals surface area contributed by atoms with Crippen LogP contribution >= 0.6 is 0 Å². The molecule has 0 fully saturated rings. The first-order chi connectivity index (χ1) is 6.14. The van der Waals surface area contributed by atoms with Crippen molar-refractivity contribution in [3.05, 3.63) is 0 Å². The Bertz CT molecular complexity index is 115. The van der Waals surface area contributed by atoms with Gasteiger partial charge < -0.3 is 25.5 Å². The van der Waals surface area contributed by atoms with Crippen LogP contribution in [-0.4, -0.2) is 58.1 Å². The van der Waals surface area contributed by atoms with Gasteiger partial charge in [-0.05, 0) is 12.8 Å². The van der Waals surface area contributed by atoms with Crippen molar-refractivity contribution in [3.63, 3.8) is 0 Å². The summed E-state index contributed by atoms with van der Waals surface area (Å²) in [6.07, 6.45) is -0.333. The Hall–Kier alpha value is -0.200. The third kappa shape index (κ3) is 4.02. The van der Waals surface area contributed by atoms with Crippen molar-refractivity contribution in [3.8, 4) is 0 Å². The van der Waals surface area contributed by atoms with Crippen LogP contribution in [-0.2, 0) is 0 Å². The summed E-state index contributed by atoms with van der Waals surface area (Å²) < 4.78 is 0. The summed E-state index contributed by atoms with van der Waals surface area (Å²) in [4.78, 5) is 0. The lowest BCUT2D eigenvalue weighted by atomic mass is 9.85. The first kappa shape index (κ1) is 12.8. The summed E-state index contributed by atoms with van der Waals surface area (Å²) in [7, 11) is 0. The second-order valence-corrected chi connectivity index (χ2v) is 3.35. The van der Waals surface area contributed by atoms with Gasteiger partial charge >= 0.3 is 0 Å². The fraction of sp³-hybridized carbons (Fsp3) is 1.00. The molecular weight excluding hydrogens is 176 g/mol. The maximum absolute atomic E-state index is 9.01. The minimum Gasteiger partial charge on any atom is -0.396 e. The molecule has 1 atom stereocenters. The van der Waals surface area contributed by atoms with Crippen molar-refractivity contribution < 1.29 is 25.5 Å². The summed E-state index contributed by atoms with van der Waals surface area (Å²) in [5, 5.41) is 44.2. The van der Waals surface area contributed by atoms with Crippen LogP contribution in [0, 0.1) is 5.41 Å². The predicted molar refractivity (Wildman–Crippen MR) is 46.0 cm³/mol. The van der Waals surface area contributed by atoms with E-state index in [9.17, 15) is 0 Å². The summed E-state index contributed by atoms with van der Waals surface area (Å²) >= 11 is 0. The fourth-order valence-electron chi connectivity index (χ4n) is 0.951. The van der Waals surface area contributed by atoms with Gasteiger partial charge in [-0.25, -0.2) is 0 Å². The molecule has 0 spiro atoms. The number of aliphatic hydroxyl groups excluding tert-OH is 5. The van der Waals surface area contributed by atoms with E-state index < -0.39 is 11.5 Å². The van der Waals surface area contributed by atoms with Crippen LogP contribution in [0.25, 0.3) is 0 Å². The van der Waals surface area contributed by atoms with Gasteiger partial charge in [0.2, 0.25) is 0 Å². The molecule has 0 aliphatic carbocycles. The van der Waals surface area contributed by atoms with Gasteiger partial charge in [0.15, 0.2) is 0 Å². The van der Waals surface area contributed by atoms with Crippen molar-refractivity contribution in [2.45, 2.75) is 18.9 Å². The summed E-state index contributed by atoms with van der Waals surface area (Å²) in [6, 6.07) is 0. The summed E-state index contributed by atoms with van der Waals surface area (Å²) in [5.74, 6) is 0. The SMILES string of the molecule is OCC(O)CCC(CO)(CO)CO. The van der Waals surface area contributed by atoms with Crippen LogP contribution < -0.4 is 0 Å². The average molecular weight is 194 g/mol. The lowest BCUT2D eigenvalue weighted by molar-refractivity contribution is -0.0149. The number of hydrogen-bond acceptors (Lipinski definition) is 5. The average Bonchev–Trinajstić information content (AvgIpc) is 2.20. The van der Waals surface area contributed by atoms with E-state index in [1.807, 2.05) is 0 Å². The monoisotopic (exact) mass is 194 g/mol. The van der Waals surface area contributed by atoms with Crippen LogP contribution in [0.15, 0.2) is 0 Å². The van der Waals surface area contributed by atoms with E-state index >= 15 is 0 Å². The molecule has 5 N–H and O–H groups in total. The van der Waals surface area contributed by atoms with E-state index in [0.717, 1.165) is 0 Å². The van der Waals surface area contributed by atoms with Gasteiger partial charge in [0.05, 0.1) is 32.5 Å². The van der Waals surface area contributed by atoms with Gasteiger partial charge in [0.25, 0.3) is 0 Å². The molecule has 0 saturated heterocycles. The highest BCUT2D eigenvalue weighted by Crippen LogP contribution is 2.22. The molecule has 0 saturated carbocycles. The molecule has 1 unspecified atom stereocenters. The van der Waals surface area contributed by atoms with E-state index in [1.54, 1.807) is 0 Å². The Kier molecular flexibility index (Phi) is 6.19. The second-order valence-electron chi connectivity index (χ2n) is 3.35. The van der Waals surface area contributed by atoms with E-state index in [4.69, 9.17) is 25.5 Å². The molecule has 5 heteroatoms. The van der Waals surface area contributed by atoms with Gasteiger partial charge in [-0.3, -0.25) is 0 Å². The highest BCUT2D eigenvalue weighted by atomic mass is 16.3. The molecule has 0 rings (SSSR count). The standard InChI is InChI=1S/C8H18O5/c9-3-7(13)1-2-8(4-10,5-11)6-12/h7,9-13H,1-6H2. The molecule has 0 aromatic rings. The maximum Gasteiger partial charge on any atom is 0.0771 e. The molecule has 13 heavy (non-hydrogen) atoms. The fourth-order valence-corrected chi connectivity index (χ4v) is 0.951. The Labute approximate surface area is 77.3 Å². The van der Waals surface area contributed by atoms with Crippen molar-refractivity contribution in [1.29, 1.82) is 0 Å². The number of rotatable bonds is 7. The topological polar surface area (TPSA) is 101 Å². The minimum absolute atomic E-state index is 0.248. The molecule has 0 aliphatic rings. The molecule has 0 bridgehead atoms. The van der Waals surface area contributed by atoms with Gasteiger partial charge in [0.1, 0.15) is 0 Å². The molecule has 5 nitrogen and oxygen atoms in total. The van der Waals surface area contributed by atoms with Crippen LogP contribution in [0.3, 0.4) is 0 Å². The van der Waals surface area contributed by atoms with Gasteiger partial charge in [0, 0.05) is 5.41 Å². The van der Waals surface area contributed by atoms with Crippen LogP contribution in [0.2, 0.25) is 0 Å². The van der Waals surface area contributed by atoms with Crippen LogP contribution in [0.4, 0.5) is 0 Å². The lowest BCUT2D eigenvalue weighted by Gasteiger charge is -2.27. The maximum atomic E-state index is 9.01. The highest BCUT2D eigenvalue weighted by molar-refractivity contribution is 4.77. The second kappa shape index (κ2) is 6.28. The van der Waals surface area contributed by atoms with Crippen LogP contribution in [0.5, 0.6) is 0 Å². The first-order valence-electron chi connectivity index (χ1n) is 4.25. The van der Waals surface area contributed by atoms with E-state index in [1.165, 1.54) is 0 Å². The van der Waals surface area contributed by atoms with Crippen molar-refractivity contribution in [2.75, 3.05) is 26.4 Å². The number of aliphatic hydroxyl groups is 5. The molecule has 0 radical (unpaired) electrons. The van der Waals surface area contributed by atoms with Crippen molar-refractivity contribution >= 4 is 0 Å². The molecular formula is C8H18O5. The largest absolute Gasteiger partial charge is 0.396 e. The van der Waals surface area contributed by atoms with Crippen molar-refractivity contribution in [2.24, 2.45) is 5.41 Å². The third-order valence-electron chi connectivity index (χ3n) is 2.22. The molecule has 0 aliphatic heterocycles. The Morgan fingerprint density at radius 2 is 1.38 bits per heavy atom. The predicted octanol–water partition coefficient (Wildman–Crippen LogP) is -1.92. The third-order valence-corrected chi connectivity index (χ3v) is 2.22. The summed E-state index contributed by atoms with van der Waals surface area (Å²) in [6.45, 7) is -1.35. The van der Waals surface area contributed by atoms with Gasteiger partial charge in [-0.2, -0.15) is 0 Å². The van der Waals surface area contributed by atoms with Gasteiger partial charge in [-0.1, -0.05) is 0 Å². The first-order valence-corrected chi connectivity index (χ1v) is 4.25. The van der Waals surface area contributed by atoms with Crippen molar-refractivity contribution in [1.82, 2.24) is 0 Å². The molecule has 0 aromatic carbocycles. The Morgan fingerprint density at radius 3 is 1.69 bits per heavy atom. The van der Waals surface area contributed by atoms with E-state index in [2.05, 4.69) is 0 Å². The molecule has 0 amide bonds. The molecule has 0 heterocycles. The Balaban J connectivity index is 3.95. The van der Waals surface area contributed by atoms with Gasteiger partial charge in [-0.15, -0.1) is 0 Å². The van der Waals surface area contributed by atoms with E-state index in [-0.39, 0.29) is 39.3 Å². The van der Waals surface area contributed by atoms with Crippen LogP contribution in [0.1, 0.15) is 12.8 Å². The zero-order valence-corrected chi connectivity index (χ0v) is 7.56. The summed E-state index contributed by atoms with van der Waals surface area (Å²) in [5.41, 5.74) is -0.948. The minimum atomic E-state index is -0.948. The highest BCUT2D eigenvalue weighted by Gasteiger charge is 2.28. The van der Waals surface area contributed by atoms with E-state index in [0.29, 0.717) is 0 Å². The quantitative estimate of drug-likeness (QED) is 0.325.